The lowest BCUT2D eigenvalue weighted by Gasteiger charge is -2.14. The smallest absolute Gasteiger partial charge is 0.276 e. The Morgan fingerprint density at radius 3 is 1.64 bits per heavy atom. The van der Waals surface area contributed by atoms with Crippen LogP contribution in [0.2, 0.25) is 0 Å². The van der Waals surface area contributed by atoms with Gasteiger partial charge in [0.1, 0.15) is 33.9 Å². The topological polar surface area (TPSA) is 275 Å². The molecule has 61 heavy (non-hydrogen) atoms. The molecule has 6 aromatic rings. The van der Waals surface area contributed by atoms with Gasteiger partial charge in [0.2, 0.25) is 29.6 Å². The first-order valence-electron chi connectivity index (χ1n) is 19.3. The first kappa shape index (κ1) is 43.0. The number of primary amides is 2. The molecule has 0 atom stereocenters. The number of carbonyl (C=O) groups excluding carboxylic acids is 5. The third kappa shape index (κ3) is 9.20. The maximum atomic E-state index is 13.7. The molecule has 2 aromatic carbocycles. The number of hydrogen-bond acceptors (Lipinski definition) is 12. The Balaban J connectivity index is 1.40. The van der Waals surface area contributed by atoms with Gasteiger partial charge in [-0.1, -0.05) is 12.2 Å². The van der Waals surface area contributed by atoms with Crippen LogP contribution in [0.3, 0.4) is 0 Å². The third-order valence-corrected chi connectivity index (χ3v) is 9.62. The Morgan fingerprint density at radius 1 is 0.754 bits per heavy atom. The molecule has 0 saturated heterocycles. The van der Waals surface area contributed by atoms with Crippen LogP contribution in [0.4, 0.5) is 11.9 Å². The molecule has 0 spiro atoms. The van der Waals surface area contributed by atoms with Crippen molar-refractivity contribution in [2.45, 2.75) is 66.7 Å². The number of anilines is 2. The number of nitrogens with two attached hydrogens (primary N) is 2. The second-order valence-corrected chi connectivity index (χ2v) is 13.9. The minimum absolute atomic E-state index is 0.0125. The number of nitrogens with one attached hydrogen (secondary N) is 2. The largest absolute Gasteiger partial charge is 0.494 e. The Morgan fingerprint density at radius 2 is 1.21 bits per heavy atom. The lowest BCUT2D eigenvalue weighted by molar-refractivity contribution is -0.159. The number of nitrogens with zero attached hydrogens (tertiary/aromatic N) is 9. The van der Waals surface area contributed by atoms with Crippen LogP contribution >= 0.6 is 0 Å². The highest BCUT2D eigenvalue weighted by Gasteiger charge is 2.24. The van der Waals surface area contributed by atoms with Crippen molar-refractivity contribution in [3.05, 3.63) is 82.5 Å². The Hall–Kier alpha value is -7.55. The van der Waals surface area contributed by atoms with E-state index in [9.17, 15) is 29.2 Å². The van der Waals surface area contributed by atoms with Crippen molar-refractivity contribution in [2.75, 3.05) is 31.4 Å². The van der Waals surface area contributed by atoms with E-state index in [0.29, 0.717) is 57.5 Å². The Bertz CT molecular complexity index is 2700. The summed E-state index contributed by atoms with van der Waals surface area (Å²) in [6, 6.07) is 9.26. The summed E-state index contributed by atoms with van der Waals surface area (Å²) >= 11 is 0. The van der Waals surface area contributed by atoms with Crippen molar-refractivity contribution in [3.63, 3.8) is 0 Å². The molecule has 0 fully saturated rings. The summed E-state index contributed by atoms with van der Waals surface area (Å²) < 4.78 is 18.3. The molecule has 0 aliphatic heterocycles. The van der Waals surface area contributed by atoms with E-state index in [1.54, 1.807) is 56.6 Å². The summed E-state index contributed by atoms with van der Waals surface area (Å²) in [6.45, 7) is 8.41. The maximum Gasteiger partial charge on any atom is 0.276 e. The molecule has 7 N–H and O–H groups in total. The predicted molar refractivity (Wildman–Crippen MR) is 223 cm³/mol. The summed E-state index contributed by atoms with van der Waals surface area (Å²) in [5, 5.41) is 24.5. The van der Waals surface area contributed by atoms with Crippen LogP contribution in [0, 0.1) is 13.8 Å². The van der Waals surface area contributed by atoms with Crippen molar-refractivity contribution >= 4 is 63.5 Å². The van der Waals surface area contributed by atoms with E-state index in [4.69, 9.17) is 25.9 Å². The average molecular weight is 838 g/mol. The lowest BCUT2D eigenvalue weighted by atomic mass is 10.1. The zero-order valence-corrected chi connectivity index (χ0v) is 34.6. The molecule has 21 nitrogen and oxygen atoms in total. The standard InChI is InChI=1S/C40H47N13O8/c1-7-52-28(16-22(3)47-52)37(57)45-39-43-26-18-24(35(41)55)20-30(60-6)33(26)50(39)13-9-10-14-51-34-27(44-40(51)46-38(58)29-17-23(4)48-53(29)8-2)19-25(36(42)56)21-31(34)61-15-11-12-32(54)49(5)59/h9-10,16-21,59H,7-8,11-15H2,1-6H3,(H2,41,55)(H2,42,56)(H,43,45,57)(H,44,46,58)/b10-9+. The Labute approximate surface area is 348 Å². The van der Waals surface area contributed by atoms with Crippen molar-refractivity contribution in [3.8, 4) is 11.5 Å². The number of methoxy groups -OCH3 is 1. The highest BCUT2D eigenvalue weighted by molar-refractivity contribution is 6.05. The molecular weight excluding hydrogens is 791 g/mol. The van der Waals surface area contributed by atoms with E-state index in [0.717, 1.165) is 0 Å². The van der Waals surface area contributed by atoms with E-state index >= 15 is 0 Å². The van der Waals surface area contributed by atoms with Gasteiger partial charge in [0.15, 0.2) is 0 Å². The number of aromatic nitrogens is 8. The molecule has 0 bridgehead atoms. The van der Waals surface area contributed by atoms with Crippen LogP contribution in [0.25, 0.3) is 22.1 Å². The number of carbonyl (C=O) groups is 5. The summed E-state index contributed by atoms with van der Waals surface area (Å²) in [5.74, 6) is -2.14. The Kier molecular flexibility index (Phi) is 12.8. The quantitative estimate of drug-likeness (QED) is 0.0361. The second-order valence-electron chi connectivity index (χ2n) is 13.9. The number of fused-ring (bicyclic) bond motifs is 2. The summed E-state index contributed by atoms with van der Waals surface area (Å²) in [6.07, 6.45) is 3.80. The summed E-state index contributed by atoms with van der Waals surface area (Å²) in [5.41, 5.74) is 15.0. The number of imidazole rings is 2. The number of aryl methyl sites for hydroxylation is 4. The predicted octanol–water partition coefficient (Wildman–Crippen LogP) is 3.41. The van der Waals surface area contributed by atoms with Crippen LogP contribution in [-0.4, -0.2) is 99.2 Å². The number of ether oxygens (including phenoxy) is 2. The first-order chi connectivity index (χ1) is 29.1. The molecule has 21 heteroatoms. The number of amides is 5. The molecule has 4 aromatic heterocycles. The van der Waals surface area contributed by atoms with E-state index in [1.807, 2.05) is 13.8 Å². The van der Waals surface area contributed by atoms with Crippen LogP contribution in [0.1, 0.15) is 79.8 Å². The van der Waals surface area contributed by atoms with Crippen molar-refractivity contribution in [2.24, 2.45) is 11.5 Å². The van der Waals surface area contributed by atoms with Gasteiger partial charge in [-0.3, -0.25) is 49.2 Å². The molecule has 4 heterocycles. The van der Waals surface area contributed by atoms with Gasteiger partial charge in [-0.05, 0) is 70.5 Å². The van der Waals surface area contributed by atoms with Crippen molar-refractivity contribution < 1.29 is 38.7 Å². The minimum atomic E-state index is -0.741. The lowest BCUT2D eigenvalue weighted by Crippen LogP contribution is -2.22. The second kappa shape index (κ2) is 18.2. The van der Waals surface area contributed by atoms with Crippen LogP contribution < -0.4 is 31.6 Å². The van der Waals surface area contributed by atoms with E-state index < -0.39 is 29.5 Å². The van der Waals surface area contributed by atoms with Gasteiger partial charge in [0.05, 0.1) is 36.1 Å². The molecule has 0 unspecified atom stereocenters. The fourth-order valence-corrected chi connectivity index (χ4v) is 6.75. The van der Waals surface area contributed by atoms with Crippen molar-refractivity contribution in [1.29, 1.82) is 0 Å². The van der Waals surface area contributed by atoms with Crippen molar-refractivity contribution in [1.82, 2.24) is 43.7 Å². The van der Waals surface area contributed by atoms with Crippen LogP contribution in [0.15, 0.2) is 48.6 Å². The molecule has 0 aliphatic rings. The highest BCUT2D eigenvalue weighted by atomic mass is 16.5. The molecule has 320 valence electrons. The molecule has 0 radical (unpaired) electrons. The van der Waals surface area contributed by atoms with Gasteiger partial charge in [0.25, 0.3) is 11.8 Å². The van der Waals surface area contributed by atoms with Gasteiger partial charge in [-0.15, -0.1) is 0 Å². The molecule has 0 saturated carbocycles. The van der Waals surface area contributed by atoms with Gasteiger partial charge in [-0.2, -0.15) is 10.2 Å². The monoisotopic (exact) mass is 837 g/mol. The number of rotatable bonds is 18. The molecule has 0 aliphatic carbocycles. The van der Waals surface area contributed by atoms with Crippen LogP contribution in [-0.2, 0) is 31.0 Å². The molecule has 5 amide bonds. The summed E-state index contributed by atoms with van der Waals surface area (Å²) in [4.78, 5) is 73.4. The summed E-state index contributed by atoms with van der Waals surface area (Å²) in [7, 11) is 2.67. The number of allylic oxidation sites excluding steroid dienone is 2. The minimum Gasteiger partial charge on any atom is -0.494 e. The fraction of sp³-hybridized carbons (Fsp3) is 0.325. The van der Waals surface area contributed by atoms with Gasteiger partial charge in [0, 0.05) is 50.8 Å². The van der Waals surface area contributed by atoms with E-state index in [-0.39, 0.29) is 72.6 Å². The van der Waals surface area contributed by atoms with Gasteiger partial charge in [-0.25, -0.2) is 15.0 Å². The number of hydroxylamine groups is 2. The number of benzene rings is 2. The first-order valence-corrected chi connectivity index (χ1v) is 19.3. The molecule has 6 rings (SSSR count). The van der Waals surface area contributed by atoms with Gasteiger partial charge >= 0.3 is 0 Å². The number of hydrogen-bond donors (Lipinski definition) is 5. The van der Waals surface area contributed by atoms with Gasteiger partial charge < -0.3 is 30.1 Å². The van der Waals surface area contributed by atoms with E-state index in [1.165, 1.54) is 38.4 Å². The third-order valence-electron chi connectivity index (χ3n) is 9.62. The highest BCUT2D eigenvalue weighted by Crippen LogP contribution is 2.33. The van der Waals surface area contributed by atoms with E-state index in [2.05, 4.69) is 25.8 Å². The van der Waals surface area contributed by atoms with Crippen LogP contribution in [0.5, 0.6) is 11.5 Å². The SMILES string of the molecule is CCn1nc(C)cc1C(=O)Nc1nc2cc(C(N)=O)cc(OC)c2n1C/C=C/Cn1c(NC(=O)c2cc(C)nn2CC)nc2cc(C(N)=O)cc(OCCCC(=O)N(C)O)c21. The zero-order chi connectivity index (χ0) is 44.1. The normalized spacial score (nSPS) is 11.4. The zero-order valence-electron chi connectivity index (χ0n) is 34.6. The molecular formula is C40H47N13O8. The maximum absolute atomic E-state index is 13.7. The fourth-order valence-electron chi connectivity index (χ4n) is 6.75. The average Bonchev–Trinajstić information content (AvgIpc) is 3.99.